The lowest BCUT2D eigenvalue weighted by atomic mass is 10.1. The van der Waals surface area contributed by atoms with E-state index in [1.807, 2.05) is 36.3 Å². The van der Waals surface area contributed by atoms with Crippen molar-refractivity contribution in [3.8, 4) is 0 Å². The van der Waals surface area contributed by atoms with E-state index in [4.69, 9.17) is 28.0 Å². The first-order chi connectivity index (χ1) is 13.0. The standard InChI is InChI=1S/C22H26Cl2N2O/c1-4-6-14-25(5-2)17-10-12-18(13-11-17)26-21(15-16(3)27-26)22-19(23)8-7-9-20(22)24/h7-13,15,21H,4-6,14H2,1-3H3. The van der Waals surface area contributed by atoms with Gasteiger partial charge in [0.1, 0.15) is 11.8 Å². The molecule has 2 aromatic carbocycles. The van der Waals surface area contributed by atoms with Crippen LogP contribution in [-0.4, -0.2) is 13.1 Å². The molecule has 0 N–H and O–H groups in total. The highest BCUT2D eigenvalue weighted by atomic mass is 35.5. The van der Waals surface area contributed by atoms with Gasteiger partial charge in [-0.1, -0.05) is 42.6 Å². The summed E-state index contributed by atoms with van der Waals surface area (Å²) in [6.07, 6.45) is 4.43. The number of benzene rings is 2. The van der Waals surface area contributed by atoms with E-state index in [-0.39, 0.29) is 6.04 Å². The van der Waals surface area contributed by atoms with Gasteiger partial charge in [0.2, 0.25) is 0 Å². The molecular weight excluding hydrogens is 379 g/mol. The van der Waals surface area contributed by atoms with Gasteiger partial charge >= 0.3 is 0 Å². The molecule has 27 heavy (non-hydrogen) atoms. The topological polar surface area (TPSA) is 15.7 Å². The number of unbranched alkanes of at least 4 members (excludes halogenated alkanes) is 1. The van der Waals surface area contributed by atoms with Crippen LogP contribution in [0.15, 0.2) is 54.3 Å². The first-order valence-electron chi connectivity index (χ1n) is 9.49. The second-order valence-electron chi connectivity index (χ2n) is 6.72. The monoisotopic (exact) mass is 404 g/mol. The Kier molecular flexibility index (Phi) is 6.56. The highest BCUT2D eigenvalue weighted by molar-refractivity contribution is 6.36. The second-order valence-corrected chi connectivity index (χ2v) is 7.54. The van der Waals surface area contributed by atoms with Crippen molar-refractivity contribution in [2.75, 3.05) is 23.1 Å². The lowest BCUT2D eigenvalue weighted by molar-refractivity contribution is 0.196. The zero-order valence-corrected chi connectivity index (χ0v) is 17.6. The van der Waals surface area contributed by atoms with Crippen molar-refractivity contribution >= 4 is 34.6 Å². The van der Waals surface area contributed by atoms with Crippen LogP contribution in [0.5, 0.6) is 0 Å². The summed E-state index contributed by atoms with van der Waals surface area (Å²) in [5.74, 6) is 0.832. The smallest absolute Gasteiger partial charge is 0.127 e. The Hall–Kier alpha value is -1.84. The number of hydrogen-bond acceptors (Lipinski definition) is 3. The highest BCUT2D eigenvalue weighted by Crippen LogP contribution is 2.41. The van der Waals surface area contributed by atoms with E-state index in [9.17, 15) is 0 Å². The Morgan fingerprint density at radius 1 is 1.04 bits per heavy atom. The third kappa shape index (κ3) is 4.36. The molecule has 1 unspecified atom stereocenters. The molecule has 0 bridgehead atoms. The molecule has 0 spiro atoms. The van der Waals surface area contributed by atoms with Crippen molar-refractivity contribution in [2.24, 2.45) is 0 Å². The quantitative estimate of drug-likeness (QED) is 0.492. The summed E-state index contributed by atoms with van der Waals surface area (Å²) in [5, 5.41) is 3.15. The summed E-state index contributed by atoms with van der Waals surface area (Å²) >= 11 is 12.9. The summed E-state index contributed by atoms with van der Waals surface area (Å²) in [6.45, 7) is 8.42. The predicted octanol–water partition coefficient (Wildman–Crippen LogP) is 7.02. The molecule has 5 heteroatoms. The van der Waals surface area contributed by atoms with E-state index in [1.165, 1.54) is 18.5 Å². The third-order valence-electron chi connectivity index (χ3n) is 4.82. The number of anilines is 2. The van der Waals surface area contributed by atoms with E-state index in [0.29, 0.717) is 10.0 Å². The average Bonchev–Trinajstić information content (AvgIpc) is 3.04. The van der Waals surface area contributed by atoms with Gasteiger partial charge in [0.05, 0.1) is 5.69 Å². The van der Waals surface area contributed by atoms with Crippen LogP contribution >= 0.6 is 23.2 Å². The van der Waals surface area contributed by atoms with Gasteiger partial charge in [-0.05, 0) is 62.7 Å². The summed E-state index contributed by atoms with van der Waals surface area (Å²) < 4.78 is 0. The molecule has 0 radical (unpaired) electrons. The molecule has 0 aliphatic carbocycles. The molecule has 1 atom stereocenters. The fourth-order valence-corrected chi connectivity index (χ4v) is 3.99. The second kappa shape index (κ2) is 8.90. The molecule has 3 rings (SSSR count). The van der Waals surface area contributed by atoms with Crippen LogP contribution in [0, 0.1) is 0 Å². The number of halogens is 2. The molecule has 0 saturated heterocycles. The zero-order chi connectivity index (χ0) is 19.4. The highest BCUT2D eigenvalue weighted by Gasteiger charge is 2.30. The Bertz CT molecular complexity index is 784. The molecule has 0 amide bonds. The first kappa shape index (κ1) is 19.9. The molecule has 0 fully saturated rings. The summed E-state index contributed by atoms with van der Waals surface area (Å²) in [7, 11) is 0. The van der Waals surface area contributed by atoms with Gasteiger partial charge in [-0.15, -0.1) is 0 Å². The van der Waals surface area contributed by atoms with Gasteiger partial charge in [0.15, 0.2) is 0 Å². The minimum atomic E-state index is -0.153. The molecule has 3 nitrogen and oxygen atoms in total. The van der Waals surface area contributed by atoms with Gasteiger partial charge in [-0.3, -0.25) is 0 Å². The Morgan fingerprint density at radius 3 is 2.30 bits per heavy atom. The first-order valence-corrected chi connectivity index (χ1v) is 10.2. The number of hydrogen-bond donors (Lipinski definition) is 0. The molecule has 144 valence electrons. The van der Waals surface area contributed by atoms with Crippen molar-refractivity contribution in [2.45, 2.75) is 39.7 Å². The maximum absolute atomic E-state index is 6.44. The molecule has 0 aromatic heterocycles. The van der Waals surface area contributed by atoms with E-state index in [0.717, 1.165) is 30.1 Å². The van der Waals surface area contributed by atoms with Crippen LogP contribution in [0.25, 0.3) is 0 Å². The van der Waals surface area contributed by atoms with Crippen molar-refractivity contribution in [3.05, 3.63) is 69.9 Å². The van der Waals surface area contributed by atoms with Gasteiger partial charge in [-0.2, -0.15) is 5.06 Å². The number of allylic oxidation sites excluding steroid dienone is 1. The van der Waals surface area contributed by atoms with Crippen LogP contribution in [0.1, 0.15) is 45.2 Å². The van der Waals surface area contributed by atoms with E-state index in [1.54, 1.807) is 0 Å². The number of nitrogens with zero attached hydrogens (tertiary/aromatic N) is 2. The van der Waals surface area contributed by atoms with Crippen molar-refractivity contribution in [1.29, 1.82) is 0 Å². The fraction of sp³-hybridized carbons (Fsp3) is 0.364. The number of rotatable bonds is 7. The van der Waals surface area contributed by atoms with Gasteiger partial charge in [0.25, 0.3) is 0 Å². The Labute approximate surface area is 172 Å². The van der Waals surface area contributed by atoms with Crippen molar-refractivity contribution in [3.63, 3.8) is 0 Å². The minimum Gasteiger partial charge on any atom is -0.384 e. The van der Waals surface area contributed by atoms with Gasteiger partial charge < -0.3 is 9.74 Å². The maximum Gasteiger partial charge on any atom is 0.127 e. The molecule has 1 aliphatic heterocycles. The largest absolute Gasteiger partial charge is 0.384 e. The SMILES string of the molecule is CCCCN(CC)c1ccc(N2OC(C)=CC2c2c(Cl)cccc2Cl)cc1. The minimum absolute atomic E-state index is 0.153. The van der Waals surface area contributed by atoms with Crippen LogP contribution in [0.4, 0.5) is 11.4 Å². The lowest BCUT2D eigenvalue weighted by Gasteiger charge is -2.28. The van der Waals surface area contributed by atoms with E-state index in [2.05, 4.69) is 43.0 Å². The Balaban J connectivity index is 1.87. The summed E-state index contributed by atoms with van der Waals surface area (Å²) in [5.41, 5.74) is 3.06. The molecular formula is C22H26Cl2N2O. The third-order valence-corrected chi connectivity index (χ3v) is 5.47. The summed E-state index contributed by atoms with van der Waals surface area (Å²) in [4.78, 5) is 8.37. The van der Waals surface area contributed by atoms with Crippen LogP contribution < -0.4 is 9.96 Å². The van der Waals surface area contributed by atoms with Crippen molar-refractivity contribution in [1.82, 2.24) is 0 Å². The molecule has 0 saturated carbocycles. The van der Waals surface area contributed by atoms with Crippen LogP contribution in [0.3, 0.4) is 0 Å². The van der Waals surface area contributed by atoms with Gasteiger partial charge in [-0.25, -0.2) is 0 Å². The zero-order valence-electron chi connectivity index (χ0n) is 16.1. The van der Waals surface area contributed by atoms with Crippen LogP contribution in [0.2, 0.25) is 10.0 Å². The number of hydroxylamine groups is 1. The molecule has 1 aliphatic rings. The maximum atomic E-state index is 6.44. The fourth-order valence-electron chi connectivity index (χ4n) is 3.37. The predicted molar refractivity (Wildman–Crippen MR) is 116 cm³/mol. The average molecular weight is 405 g/mol. The van der Waals surface area contributed by atoms with Crippen LogP contribution in [-0.2, 0) is 4.84 Å². The lowest BCUT2D eigenvalue weighted by Crippen LogP contribution is -2.25. The normalized spacial score (nSPS) is 16.3. The van der Waals surface area contributed by atoms with E-state index >= 15 is 0 Å². The Morgan fingerprint density at radius 2 is 1.70 bits per heavy atom. The van der Waals surface area contributed by atoms with E-state index < -0.39 is 0 Å². The molecule has 2 aromatic rings. The summed E-state index contributed by atoms with van der Waals surface area (Å²) in [6, 6.07) is 13.9. The van der Waals surface area contributed by atoms with Crippen molar-refractivity contribution < 1.29 is 4.84 Å². The van der Waals surface area contributed by atoms with Gasteiger partial charge in [0, 0.05) is 34.4 Å². The molecule has 1 heterocycles.